The van der Waals surface area contributed by atoms with Crippen molar-refractivity contribution in [3.05, 3.63) is 58.6 Å². The Labute approximate surface area is 143 Å². The number of carbonyl (C=O) groups excluding carboxylic acids is 2. The summed E-state index contributed by atoms with van der Waals surface area (Å²) in [6.45, 7) is 0.150. The van der Waals surface area contributed by atoms with E-state index in [9.17, 15) is 9.59 Å². The van der Waals surface area contributed by atoms with Crippen molar-refractivity contribution in [3.63, 3.8) is 0 Å². The van der Waals surface area contributed by atoms with E-state index in [-0.39, 0.29) is 18.4 Å². The molecular weight excluding hydrogens is 358 g/mol. The fraction of sp³-hybridized carbons (Fsp3) is 0.176. The summed E-state index contributed by atoms with van der Waals surface area (Å²) in [5.74, 6) is -0.190. The number of anilines is 2. The van der Waals surface area contributed by atoms with Crippen LogP contribution in [0.15, 0.2) is 53.0 Å². The molecule has 2 N–H and O–H groups in total. The third kappa shape index (κ3) is 5.10. The zero-order valence-electron chi connectivity index (χ0n) is 13.0. The summed E-state index contributed by atoms with van der Waals surface area (Å²) in [6, 6.07) is 14.4. The van der Waals surface area contributed by atoms with Gasteiger partial charge in [-0.1, -0.05) is 15.9 Å². The third-order valence-corrected chi connectivity index (χ3v) is 3.65. The van der Waals surface area contributed by atoms with E-state index in [4.69, 9.17) is 0 Å². The Morgan fingerprint density at radius 2 is 1.52 bits per heavy atom. The van der Waals surface area contributed by atoms with Crippen LogP contribution in [-0.4, -0.2) is 37.4 Å². The minimum atomic E-state index is -0.138. The first-order valence-electron chi connectivity index (χ1n) is 7.07. The molecule has 23 heavy (non-hydrogen) atoms. The van der Waals surface area contributed by atoms with E-state index in [1.165, 1.54) is 4.90 Å². The number of hydrogen-bond acceptors (Lipinski definition) is 3. The first kappa shape index (κ1) is 17.0. The fourth-order valence-corrected chi connectivity index (χ4v) is 2.17. The lowest BCUT2D eigenvalue weighted by atomic mass is 10.2. The summed E-state index contributed by atoms with van der Waals surface area (Å²) >= 11 is 3.35. The molecule has 2 amide bonds. The van der Waals surface area contributed by atoms with E-state index in [0.717, 1.165) is 15.8 Å². The highest BCUT2D eigenvalue weighted by Gasteiger charge is 2.07. The first-order valence-corrected chi connectivity index (χ1v) is 7.86. The predicted octanol–water partition coefficient (Wildman–Crippen LogP) is 3.20. The van der Waals surface area contributed by atoms with Gasteiger partial charge in [0.25, 0.3) is 5.91 Å². The van der Waals surface area contributed by atoms with Gasteiger partial charge in [0.1, 0.15) is 0 Å². The number of amides is 2. The van der Waals surface area contributed by atoms with Crippen molar-refractivity contribution in [2.45, 2.75) is 0 Å². The topological polar surface area (TPSA) is 61.4 Å². The standard InChI is InChI=1S/C17H18BrN3O2/c1-21(2)17(23)12-3-7-14(8-4-12)19-11-16(22)20-15-9-5-13(18)6-10-15/h3-10,19H,11H2,1-2H3,(H,20,22). The van der Waals surface area contributed by atoms with Crippen LogP contribution in [0.25, 0.3) is 0 Å². The highest BCUT2D eigenvalue weighted by atomic mass is 79.9. The van der Waals surface area contributed by atoms with Gasteiger partial charge in [0.2, 0.25) is 5.91 Å². The lowest BCUT2D eigenvalue weighted by Crippen LogP contribution is -2.22. The maximum absolute atomic E-state index is 11.9. The highest BCUT2D eigenvalue weighted by molar-refractivity contribution is 9.10. The molecule has 120 valence electrons. The molecule has 0 atom stereocenters. The van der Waals surface area contributed by atoms with Crippen LogP contribution in [0.5, 0.6) is 0 Å². The van der Waals surface area contributed by atoms with Crippen LogP contribution in [0.2, 0.25) is 0 Å². The van der Waals surface area contributed by atoms with E-state index in [0.29, 0.717) is 5.56 Å². The third-order valence-electron chi connectivity index (χ3n) is 3.12. The molecule has 0 aliphatic carbocycles. The second-order valence-electron chi connectivity index (χ2n) is 5.19. The fourth-order valence-electron chi connectivity index (χ4n) is 1.91. The number of halogens is 1. The lowest BCUT2D eigenvalue weighted by molar-refractivity contribution is -0.114. The molecule has 0 fully saturated rings. The summed E-state index contributed by atoms with van der Waals surface area (Å²) in [6.07, 6.45) is 0. The SMILES string of the molecule is CN(C)C(=O)c1ccc(NCC(=O)Nc2ccc(Br)cc2)cc1. The van der Waals surface area contributed by atoms with Gasteiger partial charge < -0.3 is 15.5 Å². The average molecular weight is 376 g/mol. The second-order valence-corrected chi connectivity index (χ2v) is 6.10. The lowest BCUT2D eigenvalue weighted by Gasteiger charge is -2.11. The van der Waals surface area contributed by atoms with Gasteiger partial charge >= 0.3 is 0 Å². The van der Waals surface area contributed by atoms with Crippen molar-refractivity contribution >= 4 is 39.1 Å². The summed E-state index contributed by atoms with van der Waals surface area (Å²) < 4.78 is 0.959. The van der Waals surface area contributed by atoms with Crippen LogP contribution < -0.4 is 10.6 Å². The van der Waals surface area contributed by atoms with Crippen LogP contribution in [-0.2, 0) is 4.79 Å². The summed E-state index contributed by atoms with van der Waals surface area (Å²) in [4.78, 5) is 25.2. The van der Waals surface area contributed by atoms with E-state index >= 15 is 0 Å². The molecule has 0 saturated heterocycles. The summed E-state index contributed by atoms with van der Waals surface area (Å²) in [7, 11) is 3.42. The molecule has 2 aromatic carbocycles. The Bertz CT molecular complexity index is 682. The molecule has 0 saturated carbocycles. The molecule has 6 heteroatoms. The molecule has 5 nitrogen and oxygen atoms in total. The molecule has 2 aromatic rings. The Kier molecular flexibility index (Phi) is 5.76. The monoisotopic (exact) mass is 375 g/mol. The maximum atomic E-state index is 11.9. The zero-order chi connectivity index (χ0) is 16.8. The minimum absolute atomic E-state index is 0.0514. The van der Waals surface area contributed by atoms with Crippen molar-refractivity contribution in [1.29, 1.82) is 0 Å². The van der Waals surface area contributed by atoms with Crippen LogP contribution in [0.3, 0.4) is 0 Å². The maximum Gasteiger partial charge on any atom is 0.253 e. The molecular formula is C17H18BrN3O2. The van der Waals surface area contributed by atoms with Gasteiger partial charge in [0.15, 0.2) is 0 Å². The molecule has 0 aromatic heterocycles. The average Bonchev–Trinajstić information content (AvgIpc) is 2.55. The molecule has 2 rings (SSSR count). The Hall–Kier alpha value is -2.34. The molecule has 0 heterocycles. The van der Waals surface area contributed by atoms with E-state index in [2.05, 4.69) is 26.6 Å². The molecule has 0 aliphatic heterocycles. The van der Waals surface area contributed by atoms with Gasteiger partial charge in [0, 0.05) is 35.5 Å². The number of carbonyl (C=O) groups is 2. The van der Waals surface area contributed by atoms with Crippen molar-refractivity contribution < 1.29 is 9.59 Å². The van der Waals surface area contributed by atoms with Crippen molar-refractivity contribution in [3.8, 4) is 0 Å². The first-order chi connectivity index (χ1) is 11.0. The van der Waals surface area contributed by atoms with Gasteiger partial charge in [-0.15, -0.1) is 0 Å². The van der Waals surface area contributed by atoms with Crippen molar-refractivity contribution in [1.82, 2.24) is 4.90 Å². The van der Waals surface area contributed by atoms with Crippen LogP contribution in [0.4, 0.5) is 11.4 Å². The molecule has 0 aliphatic rings. The summed E-state index contributed by atoms with van der Waals surface area (Å²) in [5.41, 5.74) is 2.14. The minimum Gasteiger partial charge on any atom is -0.376 e. The van der Waals surface area contributed by atoms with E-state index < -0.39 is 0 Å². The molecule has 0 bridgehead atoms. The van der Waals surface area contributed by atoms with Gasteiger partial charge in [-0.25, -0.2) is 0 Å². The Morgan fingerprint density at radius 1 is 0.957 bits per heavy atom. The van der Waals surface area contributed by atoms with Gasteiger partial charge in [0.05, 0.1) is 6.54 Å². The number of rotatable bonds is 5. The van der Waals surface area contributed by atoms with Crippen LogP contribution >= 0.6 is 15.9 Å². The Balaban J connectivity index is 1.86. The smallest absolute Gasteiger partial charge is 0.253 e. The molecule has 0 radical (unpaired) electrons. The van der Waals surface area contributed by atoms with Crippen LogP contribution in [0, 0.1) is 0 Å². The molecule has 0 spiro atoms. The number of hydrogen-bond donors (Lipinski definition) is 2. The van der Waals surface area contributed by atoms with Crippen molar-refractivity contribution in [2.24, 2.45) is 0 Å². The predicted molar refractivity (Wildman–Crippen MR) is 95.7 cm³/mol. The van der Waals surface area contributed by atoms with E-state index in [1.54, 1.807) is 38.4 Å². The van der Waals surface area contributed by atoms with Gasteiger partial charge in [-0.3, -0.25) is 9.59 Å². The highest BCUT2D eigenvalue weighted by Crippen LogP contribution is 2.14. The quantitative estimate of drug-likeness (QED) is 0.843. The van der Waals surface area contributed by atoms with Crippen LogP contribution in [0.1, 0.15) is 10.4 Å². The number of nitrogens with one attached hydrogen (secondary N) is 2. The van der Waals surface area contributed by atoms with E-state index in [1.807, 2.05) is 24.3 Å². The van der Waals surface area contributed by atoms with Crippen molar-refractivity contribution in [2.75, 3.05) is 31.3 Å². The molecule has 0 unspecified atom stereocenters. The Morgan fingerprint density at radius 3 is 2.09 bits per heavy atom. The van der Waals surface area contributed by atoms with Gasteiger partial charge in [-0.2, -0.15) is 0 Å². The summed E-state index contributed by atoms with van der Waals surface area (Å²) in [5, 5.41) is 5.83. The number of benzene rings is 2. The number of nitrogens with zero attached hydrogens (tertiary/aromatic N) is 1. The second kappa shape index (κ2) is 7.78. The largest absolute Gasteiger partial charge is 0.376 e. The van der Waals surface area contributed by atoms with Gasteiger partial charge in [-0.05, 0) is 48.5 Å². The normalized spacial score (nSPS) is 10.0. The zero-order valence-corrected chi connectivity index (χ0v) is 14.6.